The van der Waals surface area contributed by atoms with Crippen molar-refractivity contribution in [2.45, 2.75) is 43.8 Å². The number of carbonyl (C=O) groups is 4. The molecule has 1 aromatic heterocycles. The van der Waals surface area contributed by atoms with Gasteiger partial charge in [-0.2, -0.15) is 0 Å². The van der Waals surface area contributed by atoms with E-state index in [0.29, 0.717) is 53.0 Å². The monoisotopic (exact) mass is 672 g/mol. The first-order chi connectivity index (χ1) is 22.8. The summed E-state index contributed by atoms with van der Waals surface area (Å²) in [5, 5.41) is 10.1. The Kier molecular flexibility index (Phi) is 13.1. The standard InChI is InChI=1S/C35H36N4O6S2/c1-4-30(34(43)39-35-37-26(22-46-35)21-31(40)45-6-3)47-28-14-10-13-25(20-28)36-33(42)29(38-32(41)24-11-8-7-9-12-24)19-23-15-17-27(18-16-23)44-5-2/h7-20,22,30H,4-6,21H2,1-3H3,(H,36,42)(H,38,41)(H,37,39,43)/b29-19+. The van der Waals surface area contributed by atoms with Crippen LogP contribution < -0.4 is 20.7 Å². The first-order valence-corrected chi connectivity index (χ1v) is 16.8. The van der Waals surface area contributed by atoms with E-state index in [0.717, 1.165) is 4.90 Å². The van der Waals surface area contributed by atoms with Crippen LogP contribution >= 0.6 is 23.1 Å². The molecule has 0 aliphatic heterocycles. The summed E-state index contributed by atoms with van der Waals surface area (Å²) >= 11 is 2.59. The van der Waals surface area contributed by atoms with Crippen LogP contribution in [0.25, 0.3) is 6.08 Å². The minimum atomic E-state index is -0.516. The van der Waals surface area contributed by atoms with Gasteiger partial charge in [0.2, 0.25) is 5.91 Å². The third kappa shape index (κ3) is 10.8. The molecule has 0 radical (unpaired) electrons. The summed E-state index contributed by atoms with van der Waals surface area (Å²) in [7, 11) is 0. The van der Waals surface area contributed by atoms with Gasteiger partial charge in [-0.1, -0.05) is 43.3 Å². The molecule has 4 rings (SSSR count). The highest BCUT2D eigenvalue weighted by molar-refractivity contribution is 8.00. The molecule has 12 heteroatoms. The molecule has 3 amide bonds. The highest BCUT2D eigenvalue weighted by Crippen LogP contribution is 2.29. The number of esters is 1. The number of carbonyl (C=O) groups excluding carboxylic acids is 4. The topological polar surface area (TPSA) is 136 Å². The molecule has 3 N–H and O–H groups in total. The quantitative estimate of drug-likeness (QED) is 0.0734. The predicted octanol–water partition coefficient (Wildman–Crippen LogP) is 6.57. The van der Waals surface area contributed by atoms with Gasteiger partial charge in [0.25, 0.3) is 11.8 Å². The second kappa shape index (κ2) is 17.7. The van der Waals surface area contributed by atoms with Gasteiger partial charge in [-0.15, -0.1) is 23.1 Å². The molecule has 0 aliphatic rings. The van der Waals surface area contributed by atoms with Crippen molar-refractivity contribution in [1.82, 2.24) is 10.3 Å². The second-order valence-electron chi connectivity index (χ2n) is 9.99. The smallest absolute Gasteiger partial charge is 0.311 e. The SMILES string of the molecule is CCOC(=O)Cc1csc(NC(=O)C(CC)Sc2cccc(NC(=O)/C(=C\c3ccc(OCC)cc3)NC(=O)c3ccccc3)c2)n1. The normalized spacial score (nSPS) is 11.7. The van der Waals surface area contributed by atoms with Crippen molar-refractivity contribution in [3.63, 3.8) is 0 Å². The maximum Gasteiger partial charge on any atom is 0.311 e. The summed E-state index contributed by atoms with van der Waals surface area (Å²) in [5.74, 6) is -0.845. The van der Waals surface area contributed by atoms with Gasteiger partial charge in [-0.25, -0.2) is 4.98 Å². The molecule has 4 aromatic rings. The molecule has 3 aromatic carbocycles. The molecule has 0 saturated heterocycles. The van der Waals surface area contributed by atoms with Crippen LogP contribution in [0.3, 0.4) is 0 Å². The highest BCUT2D eigenvalue weighted by atomic mass is 32.2. The van der Waals surface area contributed by atoms with Gasteiger partial charge in [0, 0.05) is 21.5 Å². The Labute approximate surface area is 282 Å². The minimum absolute atomic E-state index is 0.0394. The lowest BCUT2D eigenvalue weighted by molar-refractivity contribution is -0.142. The number of amides is 3. The number of benzene rings is 3. The fourth-order valence-electron chi connectivity index (χ4n) is 4.26. The Balaban J connectivity index is 1.45. The second-order valence-corrected chi connectivity index (χ2v) is 12.1. The zero-order valence-electron chi connectivity index (χ0n) is 26.3. The van der Waals surface area contributed by atoms with E-state index in [1.807, 2.05) is 19.9 Å². The van der Waals surface area contributed by atoms with Gasteiger partial charge in [0.05, 0.1) is 30.6 Å². The number of thioether (sulfide) groups is 1. The predicted molar refractivity (Wildman–Crippen MR) is 186 cm³/mol. The number of thiazole rings is 1. The molecule has 1 unspecified atom stereocenters. The first-order valence-electron chi connectivity index (χ1n) is 15.1. The summed E-state index contributed by atoms with van der Waals surface area (Å²) in [6.07, 6.45) is 2.17. The minimum Gasteiger partial charge on any atom is -0.494 e. The Bertz CT molecular complexity index is 1710. The fraction of sp³-hybridized carbons (Fsp3) is 0.229. The number of rotatable bonds is 15. The van der Waals surface area contributed by atoms with Gasteiger partial charge in [0.1, 0.15) is 11.4 Å². The van der Waals surface area contributed by atoms with E-state index >= 15 is 0 Å². The van der Waals surface area contributed by atoms with Crippen LogP contribution in [0.2, 0.25) is 0 Å². The van der Waals surface area contributed by atoms with E-state index in [1.165, 1.54) is 23.1 Å². The van der Waals surface area contributed by atoms with Crippen LogP contribution in [-0.4, -0.2) is 47.1 Å². The Morgan fingerprint density at radius 3 is 2.38 bits per heavy atom. The van der Waals surface area contributed by atoms with Crippen molar-refractivity contribution >= 4 is 63.7 Å². The molecule has 0 saturated carbocycles. The molecular formula is C35H36N4O6S2. The number of ether oxygens (including phenoxy) is 2. The van der Waals surface area contributed by atoms with E-state index in [-0.39, 0.29) is 24.0 Å². The first kappa shape index (κ1) is 34.9. The number of hydrogen-bond donors (Lipinski definition) is 3. The van der Waals surface area contributed by atoms with Gasteiger partial charge >= 0.3 is 5.97 Å². The van der Waals surface area contributed by atoms with E-state index < -0.39 is 17.1 Å². The molecule has 0 bridgehead atoms. The third-order valence-corrected chi connectivity index (χ3v) is 8.64. The average molecular weight is 673 g/mol. The number of nitrogens with zero attached hydrogens (tertiary/aromatic N) is 1. The van der Waals surface area contributed by atoms with Gasteiger partial charge in [-0.3, -0.25) is 19.2 Å². The van der Waals surface area contributed by atoms with Gasteiger partial charge in [-0.05, 0) is 74.4 Å². The molecular weight excluding hydrogens is 637 g/mol. The number of aromatic nitrogens is 1. The summed E-state index contributed by atoms with van der Waals surface area (Å²) in [6.45, 7) is 6.36. The molecule has 1 atom stereocenters. The Morgan fingerprint density at radius 2 is 1.68 bits per heavy atom. The zero-order chi connectivity index (χ0) is 33.6. The number of hydrogen-bond acceptors (Lipinski definition) is 9. The lowest BCUT2D eigenvalue weighted by atomic mass is 10.1. The lowest BCUT2D eigenvalue weighted by Gasteiger charge is -2.15. The van der Waals surface area contributed by atoms with Gasteiger partial charge in [0.15, 0.2) is 5.13 Å². The molecule has 0 spiro atoms. The van der Waals surface area contributed by atoms with E-state index in [9.17, 15) is 19.2 Å². The Hall–Kier alpha value is -4.94. The largest absolute Gasteiger partial charge is 0.494 e. The van der Waals surface area contributed by atoms with Crippen LogP contribution in [-0.2, 0) is 25.5 Å². The number of nitrogens with one attached hydrogen (secondary N) is 3. The van der Waals surface area contributed by atoms with Crippen molar-refractivity contribution < 1.29 is 28.7 Å². The summed E-state index contributed by atoms with van der Waals surface area (Å²) in [4.78, 5) is 56.5. The Morgan fingerprint density at radius 1 is 0.915 bits per heavy atom. The van der Waals surface area contributed by atoms with E-state index in [4.69, 9.17) is 9.47 Å². The highest BCUT2D eigenvalue weighted by Gasteiger charge is 2.21. The van der Waals surface area contributed by atoms with E-state index in [1.54, 1.807) is 91.2 Å². The molecule has 1 heterocycles. The van der Waals surface area contributed by atoms with Crippen LogP contribution in [0.4, 0.5) is 10.8 Å². The van der Waals surface area contributed by atoms with Crippen molar-refractivity contribution in [3.05, 3.63) is 107 Å². The third-order valence-electron chi connectivity index (χ3n) is 6.48. The van der Waals surface area contributed by atoms with Crippen molar-refractivity contribution in [3.8, 4) is 5.75 Å². The molecule has 0 fully saturated rings. The van der Waals surface area contributed by atoms with Crippen molar-refractivity contribution in [2.24, 2.45) is 0 Å². The molecule has 10 nitrogen and oxygen atoms in total. The summed E-state index contributed by atoms with van der Waals surface area (Å²) < 4.78 is 10.5. The average Bonchev–Trinajstić information content (AvgIpc) is 3.50. The zero-order valence-corrected chi connectivity index (χ0v) is 27.9. The van der Waals surface area contributed by atoms with Crippen LogP contribution in [0.1, 0.15) is 48.8 Å². The van der Waals surface area contributed by atoms with Crippen molar-refractivity contribution in [2.75, 3.05) is 23.8 Å². The van der Waals surface area contributed by atoms with Gasteiger partial charge < -0.3 is 25.4 Å². The maximum absolute atomic E-state index is 13.5. The van der Waals surface area contributed by atoms with Crippen LogP contribution in [0.15, 0.2) is 94.8 Å². The molecule has 244 valence electrons. The molecule has 0 aliphatic carbocycles. The summed E-state index contributed by atoms with van der Waals surface area (Å²) in [6, 6.07) is 23.0. The lowest BCUT2D eigenvalue weighted by Crippen LogP contribution is -2.30. The van der Waals surface area contributed by atoms with Crippen LogP contribution in [0.5, 0.6) is 5.75 Å². The van der Waals surface area contributed by atoms with Crippen molar-refractivity contribution in [1.29, 1.82) is 0 Å². The molecule has 47 heavy (non-hydrogen) atoms. The summed E-state index contributed by atoms with van der Waals surface area (Å²) in [5.41, 5.74) is 2.18. The number of anilines is 2. The maximum atomic E-state index is 13.5. The van der Waals surface area contributed by atoms with Crippen LogP contribution in [0, 0.1) is 0 Å². The fourth-order valence-corrected chi connectivity index (χ4v) is 5.99. The van der Waals surface area contributed by atoms with E-state index in [2.05, 4.69) is 20.9 Å².